The van der Waals surface area contributed by atoms with Crippen LogP contribution in [0.4, 0.5) is 5.13 Å². The van der Waals surface area contributed by atoms with E-state index in [9.17, 15) is 0 Å². The van der Waals surface area contributed by atoms with Gasteiger partial charge in [0, 0.05) is 22.9 Å². The van der Waals surface area contributed by atoms with Crippen LogP contribution in [0.1, 0.15) is 31.2 Å². The van der Waals surface area contributed by atoms with Crippen LogP contribution in [0.15, 0.2) is 69.5 Å². The van der Waals surface area contributed by atoms with Crippen LogP contribution >= 0.6 is 11.3 Å². The highest BCUT2D eigenvalue weighted by Gasteiger charge is 2.08. The zero-order valence-electron chi connectivity index (χ0n) is 16.1. The molecule has 0 radical (unpaired) electrons. The SMILES string of the molecule is CCCCc1nnc(-c2ccc(C=NNc3nc(-c4ccccc4)cs3)cc2)o1. The van der Waals surface area contributed by atoms with Crippen LogP contribution in [0.2, 0.25) is 0 Å². The lowest BCUT2D eigenvalue weighted by Crippen LogP contribution is -1.90. The molecule has 4 rings (SSSR count). The number of nitrogens with one attached hydrogen (secondary N) is 1. The maximum absolute atomic E-state index is 5.71. The van der Waals surface area contributed by atoms with E-state index >= 15 is 0 Å². The van der Waals surface area contributed by atoms with Crippen LogP contribution in [0.25, 0.3) is 22.7 Å². The Morgan fingerprint density at radius 2 is 1.86 bits per heavy atom. The van der Waals surface area contributed by atoms with Crippen LogP contribution < -0.4 is 5.43 Å². The molecule has 0 aliphatic heterocycles. The van der Waals surface area contributed by atoms with Crippen molar-refractivity contribution in [2.75, 3.05) is 5.43 Å². The molecule has 6 nitrogen and oxygen atoms in total. The number of hydrogen-bond donors (Lipinski definition) is 1. The molecule has 0 saturated heterocycles. The molecular weight excluding hydrogens is 382 g/mol. The second-order valence-corrected chi connectivity index (χ2v) is 7.36. The van der Waals surface area contributed by atoms with E-state index in [0.29, 0.717) is 11.8 Å². The summed E-state index contributed by atoms with van der Waals surface area (Å²) in [6.45, 7) is 2.14. The molecule has 0 aliphatic rings. The van der Waals surface area contributed by atoms with Gasteiger partial charge in [-0.05, 0) is 24.1 Å². The molecule has 4 aromatic rings. The molecule has 7 heteroatoms. The highest BCUT2D eigenvalue weighted by molar-refractivity contribution is 7.14. The average Bonchev–Trinajstić information content (AvgIpc) is 3.43. The number of hydrazone groups is 1. The van der Waals surface area contributed by atoms with E-state index in [-0.39, 0.29) is 0 Å². The van der Waals surface area contributed by atoms with Crippen LogP contribution in [-0.2, 0) is 6.42 Å². The summed E-state index contributed by atoms with van der Waals surface area (Å²) in [6, 6.07) is 17.9. The van der Waals surface area contributed by atoms with Gasteiger partial charge >= 0.3 is 0 Å². The average molecular weight is 404 g/mol. The minimum atomic E-state index is 0.550. The van der Waals surface area contributed by atoms with E-state index in [1.165, 1.54) is 11.3 Å². The zero-order chi connectivity index (χ0) is 19.9. The summed E-state index contributed by atoms with van der Waals surface area (Å²) in [6.07, 6.45) is 4.74. The lowest BCUT2D eigenvalue weighted by atomic mass is 10.1. The second kappa shape index (κ2) is 9.25. The standard InChI is InChI=1S/C22H21N5OS/c1-2-3-9-20-25-26-21(28-20)18-12-10-16(11-13-18)14-23-27-22-24-19(15-29-22)17-7-5-4-6-8-17/h4-8,10-15H,2-3,9H2,1H3,(H,24,27). The highest BCUT2D eigenvalue weighted by Crippen LogP contribution is 2.24. The van der Waals surface area contributed by atoms with Gasteiger partial charge in [-0.15, -0.1) is 21.5 Å². The van der Waals surface area contributed by atoms with Gasteiger partial charge in [-0.3, -0.25) is 5.43 Å². The van der Waals surface area contributed by atoms with Crippen molar-refractivity contribution in [3.05, 3.63) is 71.4 Å². The number of hydrogen-bond acceptors (Lipinski definition) is 7. The van der Waals surface area contributed by atoms with Crippen molar-refractivity contribution in [3.63, 3.8) is 0 Å². The molecule has 2 heterocycles. The van der Waals surface area contributed by atoms with Crippen LogP contribution in [0, 0.1) is 0 Å². The van der Waals surface area contributed by atoms with E-state index in [0.717, 1.165) is 46.8 Å². The van der Waals surface area contributed by atoms with Crippen molar-refractivity contribution in [2.24, 2.45) is 5.10 Å². The van der Waals surface area contributed by atoms with Crippen LogP contribution in [-0.4, -0.2) is 21.4 Å². The first-order valence-corrected chi connectivity index (χ1v) is 10.4. The van der Waals surface area contributed by atoms with Crippen molar-refractivity contribution in [2.45, 2.75) is 26.2 Å². The summed E-state index contributed by atoms with van der Waals surface area (Å²) in [5, 5.41) is 15.3. The Labute approximate surface area is 173 Å². The van der Waals surface area contributed by atoms with Crippen molar-refractivity contribution in [1.82, 2.24) is 15.2 Å². The first-order chi connectivity index (χ1) is 14.3. The Balaban J connectivity index is 1.36. The van der Waals surface area contributed by atoms with Gasteiger partial charge in [0.05, 0.1) is 11.9 Å². The third-order valence-electron chi connectivity index (χ3n) is 4.32. The lowest BCUT2D eigenvalue weighted by molar-refractivity contribution is 0.496. The van der Waals surface area contributed by atoms with Crippen LogP contribution in [0.3, 0.4) is 0 Å². The smallest absolute Gasteiger partial charge is 0.247 e. The first kappa shape index (κ1) is 19.0. The van der Waals surface area contributed by atoms with Gasteiger partial charge in [0.15, 0.2) is 0 Å². The Kier molecular flexibility index (Phi) is 6.07. The lowest BCUT2D eigenvalue weighted by Gasteiger charge is -1.97. The predicted molar refractivity (Wildman–Crippen MR) is 117 cm³/mol. The topological polar surface area (TPSA) is 76.2 Å². The number of unbranched alkanes of at least 4 members (excludes halogenated alkanes) is 1. The summed E-state index contributed by atoms with van der Waals surface area (Å²) in [7, 11) is 0. The van der Waals surface area contributed by atoms with Gasteiger partial charge in [0.25, 0.3) is 0 Å². The number of nitrogens with zero attached hydrogens (tertiary/aromatic N) is 4. The quantitative estimate of drug-likeness (QED) is 0.304. The molecule has 0 aliphatic carbocycles. The summed E-state index contributed by atoms with van der Waals surface area (Å²) in [5.74, 6) is 1.24. The van der Waals surface area contributed by atoms with E-state index in [4.69, 9.17) is 4.42 Å². The molecule has 0 saturated carbocycles. The third-order valence-corrected chi connectivity index (χ3v) is 5.06. The molecule has 0 fully saturated rings. The predicted octanol–water partition coefficient (Wildman–Crippen LogP) is 5.65. The Morgan fingerprint density at radius 1 is 1.03 bits per heavy atom. The molecule has 146 valence electrons. The van der Waals surface area contributed by atoms with E-state index < -0.39 is 0 Å². The van der Waals surface area contributed by atoms with Crippen molar-refractivity contribution < 1.29 is 4.42 Å². The summed E-state index contributed by atoms with van der Waals surface area (Å²) < 4.78 is 5.71. The molecule has 0 unspecified atom stereocenters. The second-order valence-electron chi connectivity index (χ2n) is 6.50. The third kappa shape index (κ3) is 4.94. The van der Waals surface area contributed by atoms with Crippen molar-refractivity contribution in [1.29, 1.82) is 0 Å². The molecule has 2 aromatic heterocycles. The Bertz CT molecular complexity index is 1070. The molecular formula is C22H21N5OS. The molecule has 0 atom stereocenters. The summed E-state index contributed by atoms with van der Waals surface area (Å²) >= 11 is 1.52. The van der Waals surface area contributed by atoms with Crippen molar-refractivity contribution in [3.8, 4) is 22.7 Å². The number of rotatable bonds is 8. The van der Waals surface area contributed by atoms with E-state index in [2.05, 4.69) is 32.6 Å². The van der Waals surface area contributed by atoms with E-state index in [1.807, 2.05) is 60.0 Å². The maximum atomic E-state index is 5.71. The largest absolute Gasteiger partial charge is 0.421 e. The van der Waals surface area contributed by atoms with Gasteiger partial charge in [-0.1, -0.05) is 55.8 Å². The monoisotopic (exact) mass is 403 g/mol. The van der Waals surface area contributed by atoms with Gasteiger partial charge in [0.2, 0.25) is 16.9 Å². The van der Waals surface area contributed by atoms with Gasteiger partial charge in [-0.2, -0.15) is 5.10 Å². The minimum Gasteiger partial charge on any atom is -0.421 e. The number of benzene rings is 2. The summed E-state index contributed by atoms with van der Waals surface area (Å²) in [5.41, 5.74) is 6.89. The first-order valence-electron chi connectivity index (χ1n) is 9.54. The fourth-order valence-electron chi connectivity index (χ4n) is 2.74. The van der Waals surface area contributed by atoms with Crippen molar-refractivity contribution >= 4 is 22.7 Å². The normalized spacial score (nSPS) is 11.2. The molecule has 0 bridgehead atoms. The minimum absolute atomic E-state index is 0.550. The molecule has 2 aromatic carbocycles. The number of aromatic nitrogens is 3. The van der Waals surface area contributed by atoms with Gasteiger partial charge < -0.3 is 4.42 Å². The Hall–Kier alpha value is -3.32. The number of aryl methyl sites for hydroxylation is 1. The maximum Gasteiger partial charge on any atom is 0.247 e. The Morgan fingerprint density at radius 3 is 2.66 bits per heavy atom. The fraction of sp³-hybridized carbons (Fsp3) is 0.182. The van der Waals surface area contributed by atoms with Gasteiger partial charge in [0.1, 0.15) is 0 Å². The number of thiazole rings is 1. The van der Waals surface area contributed by atoms with Crippen LogP contribution in [0.5, 0.6) is 0 Å². The number of anilines is 1. The highest BCUT2D eigenvalue weighted by atomic mass is 32.1. The summed E-state index contributed by atoms with van der Waals surface area (Å²) in [4.78, 5) is 4.56. The fourth-order valence-corrected chi connectivity index (χ4v) is 3.41. The van der Waals surface area contributed by atoms with Gasteiger partial charge in [-0.25, -0.2) is 4.98 Å². The van der Waals surface area contributed by atoms with E-state index in [1.54, 1.807) is 6.21 Å². The molecule has 29 heavy (non-hydrogen) atoms. The molecule has 0 spiro atoms. The molecule has 1 N–H and O–H groups in total. The molecule has 0 amide bonds. The zero-order valence-corrected chi connectivity index (χ0v) is 16.9.